The van der Waals surface area contributed by atoms with Crippen LogP contribution in [0.5, 0.6) is 0 Å². The average molecular weight is 426 g/mol. The second-order valence-corrected chi connectivity index (χ2v) is 8.89. The standard InChI is InChI=1S/C25H29F2N3O/c1-17(2)15-29(25(31)18-12-13-20(26)21(27)14-18)16-24-28-22-10-6-7-11-23(22)30(24)19-8-4-3-5-9-19/h6-7,10-14,17,19H,3-5,8-9,15-16H2,1-2H3. The Bertz CT molecular complexity index is 1070. The molecule has 2 aromatic carbocycles. The van der Waals surface area contributed by atoms with E-state index in [0.717, 1.165) is 41.8 Å². The number of aromatic nitrogens is 2. The van der Waals surface area contributed by atoms with Crippen molar-refractivity contribution in [2.75, 3.05) is 6.54 Å². The maximum absolute atomic E-state index is 13.8. The summed E-state index contributed by atoms with van der Waals surface area (Å²) in [6, 6.07) is 11.8. The monoisotopic (exact) mass is 425 g/mol. The van der Waals surface area contributed by atoms with Crippen LogP contribution in [0.1, 0.15) is 68.2 Å². The topological polar surface area (TPSA) is 38.1 Å². The summed E-state index contributed by atoms with van der Waals surface area (Å²) < 4.78 is 29.5. The molecule has 6 heteroatoms. The van der Waals surface area contributed by atoms with Gasteiger partial charge in [0.15, 0.2) is 11.6 Å². The zero-order valence-corrected chi connectivity index (χ0v) is 18.2. The molecule has 0 bridgehead atoms. The molecule has 3 aromatic rings. The molecule has 4 rings (SSSR count). The van der Waals surface area contributed by atoms with E-state index in [1.165, 1.54) is 25.3 Å². The molecular weight excluding hydrogens is 396 g/mol. The van der Waals surface area contributed by atoms with Gasteiger partial charge in [-0.2, -0.15) is 0 Å². The molecule has 1 amide bonds. The van der Waals surface area contributed by atoms with Gasteiger partial charge in [0.25, 0.3) is 5.91 Å². The Labute approximate surface area is 181 Å². The molecule has 0 spiro atoms. The molecule has 4 nitrogen and oxygen atoms in total. The van der Waals surface area contributed by atoms with Gasteiger partial charge in [0.05, 0.1) is 17.6 Å². The summed E-state index contributed by atoms with van der Waals surface area (Å²) in [7, 11) is 0. The number of hydrogen-bond donors (Lipinski definition) is 0. The van der Waals surface area contributed by atoms with Gasteiger partial charge in [0.1, 0.15) is 5.82 Å². The van der Waals surface area contributed by atoms with Gasteiger partial charge in [0.2, 0.25) is 0 Å². The number of nitrogens with zero attached hydrogens (tertiary/aromatic N) is 3. The van der Waals surface area contributed by atoms with E-state index in [-0.39, 0.29) is 17.4 Å². The van der Waals surface area contributed by atoms with Crippen molar-refractivity contribution in [3.05, 3.63) is 65.5 Å². The third-order valence-corrected chi connectivity index (χ3v) is 5.98. The lowest BCUT2D eigenvalue weighted by molar-refractivity contribution is 0.0714. The zero-order chi connectivity index (χ0) is 22.0. The Hall–Kier alpha value is -2.76. The maximum Gasteiger partial charge on any atom is 0.254 e. The van der Waals surface area contributed by atoms with E-state index in [0.29, 0.717) is 19.1 Å². The Balaban J connectivity index is 1.71. The van der Waals surface area contributed by atoms with Crippen molar-refractivity contribution in [1.29, 1.82) is 0 Å². The molecule has 1 aromatic heterocycles. The highest BCUT2D eigenvalue weighted by Crippen LogP contribution is 2.33. The average Bonchev–Trinajstić information content (AvgIpc) is 3.13. The smallest absolute Gasteiger partial charge is 0.254 e. The van der Waals surface area contributed by atoms with Crippen molar-refractivity contribution in [1.82, 2.24) is 14.5 Å². The molecule has 1 fully saturated rings. The molecule has 31 heavy (non-hydrogen) atoms. The fourth-order valence-electron chi connectivity index (χ4n) is 4.60. The molecule has 0 N–H and O–H groups in total. The first-order valence-electron chi connectivity index (χ1n) is 11.1. The number of fused-ring (bicyclic) bond motifs is 1. The summed E-state index contributed by atoms with van der Waals surface area (Å²) >= 11 is 0. The second-order valence-electron chi connectivity index (χ2n) is 8.89. The van der Waals surface area contributed by atoms with Crippen molar-refractivity contribution in [3.8, 4) is 0 Å². The molecule has 0 unspecified atom stereocenters. The molecule has 1 aliphatic rings. The summed E-state index contributed by atoms with van der Waals surface area (Å²) in [4.78, 5) is 19.8. The van der Waals surface area contributed by atoms with Gasteiger partial charge in [-0.15, -0.1) is 0 Å². The molecule has 1 saturated carbocycles. The van der Waals surface area contributed by atoms with E-state index < -0.39 is 11.6 Å². The normalized spacial score (nSPS) is 15.0. The van der Waals surface area contributed by atoms with Crippen LogP contribution < -0.4 is 0 Å². The van der Waals surface area contributed by atoms with E-state index >= 15 is 0 Å². The molecule has 0 atom stereocenters. The van der Waals surface area contributed by atoms with Gasteiger partial charge in [-0.1, -0.05) is 45.2 Å². The fraction of sp³-hybridized carbons (Fsp3) is 0.440. The van der Waals surface area contributed by atoms with Crippen LogP contribution in [0.15, 0.2) is 42.5 Å². The van der Waals surface area contributed by atoms with Crippen LogP contribution in [0.4, 0.5) is 8.78 Å². The summed E-state index contributed by atoms with van der Waals surface area (Å²) in [5.41, 5.74) is 2.17. The summed E-state index contributed by atoms with van der Waals surface area (Å²) in [5, 5.41) is 0. The number of hydrogen-bond acceptors (Lipinski definition) is 2. The van der Waals surface area contributed by atoms with Crippen LogP contribution in [0.25, 0.3) is 11.0 Å². The summed E-state index contributed by atoms with van der Waals surface area (Å²) in [5.74, 6) is -1.20. The van der Waals surface area contributed by atoms with E-state index in [4.69, 9.17) is 4.98 Å². The van der Waals surface area contributed by atoms with Crippen LogP contribution in [-0.2, 0) is 6.54 Å². The Morgan fingerprint density at radius 1 is 1.10 bits per heavy atom. The van der Waals surface area contributed by atoms with E-state index in [2.05, 4.69) is 10.6 Å². The van der Waals surface area contributed by atoms with Crippen LogP contribution in [0.3, 0.4) is 0 Å². The highest BCUT2D eigenvalue weighted by Gasteiger charge is 2.25. The molecule has 1 aliphatic carbocycles. The van der Waals surface area contributed by atoms with Gasteiger partial charge in [-0.25, -0.2) is 13.8 Å². The second kappa shape index (κ2) is 9.16. The van der Waals surface area contributed by atoms with E-state index in [1.807, 2.05) is 32.0 Å². The van der Waals surface area contributed by atoms with Crippen molar-refractivity contribution < 1.29 is 13.6 Å². The predicted molar refractivity (Wildman–Crippen MR) is 118 cm³/mol. The van der Waals surface area contributed by atoms with Crippen LogP contribution in [0, 0.1) is 17.6 Å². The molecule has 0 radical (unpaired) electrons. The molecular formula is C25H29F2N3O. The van der Waals surface area contributed by atoms with Crippen LogP contribution >= 0.6 is 0 Å². The van der Waals surface area contributed by atoms with Gasteiger partial charge in [-0.05, 0) is 49.1 Å². The van der Waals surface area contributed by atoms with Crippen LogP contribution in [-0.4, -0.2) is 26.9 Å². The Morgan fingerprint density at radius 2 is 1.84 bits per heavy atom. The van der Waals surface area contributed by atoms with Crippen molar-refractivity contribution in [2.45, 2.75) is 58.5 Å². The molecule has 0 aliphatic heterocycles. The molecule has 164 valence electrons. The van der Waals surface area contributed by atoms with Crippen molar-refractivity contribution in [3.63, 3.8) is 0 Å². The first-order valence-corrected chi connectivity index (χ1v) is 11.1. The molecule has 1 heterocycles. The predicted octanol–water partition coefficient (Wildman–Crippen LogP) is 6.12. The SMILES string of the molecule is CC(C)CN(Cc1nc2ccccc2n1C1CCCCC1)C(=O)c1ccc(F)c(F)c1. The third-order valence-electron chi connectivity index (χ3n) is 5.98. The van der Waals surface area contributed by atoms with Gasteiger partial charge in [0, 0.05) is 18.2 Å². The lowest BCUT2D eigenvalue weighted by Gasteiger charge is -2.29. The van der Waals surface area contributed by atoms with E-state index in [1.54, 1.807) is 4.90 Å². The minimum absolute atomic E-state index is 0.153. The zero-order valence-electron chi connectivity index (χ0n) is 18.2. The minimum Gasteiger partial charge on any atom is -0.331 e. The van der Waals surface area contributed by atoms with Gasteiger partial charge >= 0.3 is 0 Å². The Kier molecular flexibility index (Phi) is 6.35. The Morgan fingerprint density at radius 3 is 2.55 bits per heavy atom. The van der Waals surface area contributed by atoms with Gasteiger partial charge < -0.3 is 9.47 Å². The quantitative estimate of drug-likeness (QED) is 0.477. The number of para-hydroxylation sites is 2. The van der Waals surface area contributed by atoms with Crippen molar-refractivity contribution in [2.24, 2.45) is 5.92 Å². The number of carbonyl (C=O) groups excluding carboxylic acids is 1. The number of carbonyl (C=O) groups is 1. The highest BCUT2D eigenvalue weighted by molar-refractivity contribution is 5.94. The number of imidazole rings is 1. The number of halogens is 2. The third kappa shape index (κ3) is 4.63. The first-order chi connectivity index (χ1) is 14.9. The lowest BCUT2D eigenvalue weighted by atomic mass is 9.95. The van der Waals surface area contributed by atoms with E-state index in [9.17, 15) is 13.6 Å². The lowest BCUT2D eigenvalue weighted by Crippen LogP contribution is -2.35. The van der Waals surface area contributed by atoms with Crippen molar-refractivity contribution >= 4 is 16.9 Å². The number of benzene rings is 2. The number of amides is 1. The summed E-state index contributed by atoms with van der Waals surface area (Å²) in [6.07, 6.45) is 5.86. The van der Waals surface area contributed by atoms with Gasteiger partial charge in [-0.3, -0.25) is 4.79 Å². The summed E-state index contributed by atoms with van der Waals surface area (Å²) in [6.45, 7) is 4.91. The minimum atomic E-state index is -1.01. The number of rotatable bonds is 6. The fourth-order valence-corrected chi connectivity index (χ4v) is 4.60. The maximum atomic E-state index is 13.8. The van der Waals surface area contributed by atoms with Crippen LogP contribution in [0.2, 0.25) is 0 Å². The highest BCUT2D eigenvalue weighted by atomic mass is 19.2. The molecule has 0 saturated heterocycles. The first kappa shape index (κ1) is 21.5. The largest absolute Gasteiger partial charge is 0.331 e.